The van der Waals surface area contributed by atoms with Crippen molar-refractivity contribution < 1.29 is 13.2 Å². The fourth-order valence-corrected chi connectivity index (χ4v) is 2.02. The Morgan fingerprint density at radius 1 is 1.35 bits per heavy atom. The van der Waals surface area contributed by atoms with Crippen LogP contribution in [-0.4, -0.2) is 30.7 Å². The van der Waals surface area contributed by atoms with Crippen LogP contribution < -0.4 is 0 Å². The molecule has 0 aromatic rings. The van der Waals surface area contributed by atoms with E-state index in [1.807, 2.05) is 18.7 Å². The SMILES string of the molecule is CC(C)(C#N)CCN1CCCC(C(F)(F)F)C1. The number of nitriles is 1. The van der Waals surface area contributed by atoms with Gasteiger partial charge in [-0.15, -0.1) is 0 Å². The van der Waals surface area contributed by atoms with Gasteiger partial charge in [-0.25, -0.2) is 0 Å². The summed E-state index contributed by atoms with van der Waals surface area (Å²) >= 11 is 0. The minimum atomic E-state index is -4.08. The van der Waals surface area contributed by atoms with Crippen molar-refractivity contribution in [1.82, 2.24) is 4.90 Å². The summed E-state index contributed by atoms with van der Waals surface area (Å²) in [7, 11) is 0. The molecule has 98 valence electrons. The third kappa shape index (κ3) is 4.55. The van der Waals surface area contributed by atoms with E-state index in [0.717, 1.165) is 0 Å². The predicted octanol–water partition coefficient (Wildman–Crippen LogP) is 3.20. The summed E-state index contributed by atoms with van der Waals surface area (Å²) in [6.45, 7) is 5.02. The fraction of sp³-hybridized carbons (Fsp3) is 0.917. The molecule has 1 heterocycles. The van der Waals surface area contributed by atoms with Gasteiger partial charge in [0.2, 0.25) is 0 Å². The third-order valence-corrected chi connectivity index (χ3v) is 3.32. The van der Waals surface area contributed by atoms with Gasteiger partial charge in [0.05, 0.1) is 17.4 Å². The van der Waals surface area contributed by atoms with Crippen molar-refractivity contribution in [3.8, 4) is 6.07 Å². The van der Waals surface area contributed by atoms with Gasteiger partial charge in [-0.1, -0.05) is 0 Å². The third-order valence-electron chi connectivity index (χ3n) is 3.32. The lowest BCUT2D eigenvalue weighted by molar-refractivity contribution is -0.186. The van der Waals surface area contributed by atoms with Gasteiger partial charge in [-0.05, 0) is 46.2 Å². The van der Waals surface area contributed by atoms with E-state index < -0.39 is 17.5 Å². The van der Waals surface area contributed by atoms with Gasteiger partial charge in [0.15, 0.2) is 0 Å². The molecular formula is C12H19F3N2. The van der Waals surface area contributed by atoms with Crippen molar-refractivity contribution in [1.29, 1.82) is 5.26 Å². The van der Waals surface area contributed by atoms with Crippen molar-refractivity contribution in [2.75, 3.05) is 19.6 Å². The molecule has 0 bridgehead atoms. The molecule has 0 N–H and O–H groups in total. The maximum Gasteiger partial charge on any atom is 0.393 e. The highest BCUT2D eigenvalue weighted by Gasteiger charge is 2.41. The molecule has 0 aromatic carbocycles. The Morgan fingerprint density at radius 2 is 2.00 bits per heavy atom. The normalized spacial score (nSPS) is 23.4. The first-order valence-corrected chi connectivity index (χ1v) is 5.95. The van der Waals surface area contributed by atoms with Gasteiger partial charge in [-0.3, -0.25) is 0 Å². The second-order valence-electron chi connectivity index (χ2n) is 5.43. The van der Waals surface area contributed by atoms with Crippen LogP contribution in [0.15, 0.2) is 0 Å². The van der Waals surface area contributed by atoms with Crippen LogP contribution in [0, 0.1) is 22.7 Å². The average Bonchev–Trinajstić information content (AvgIpc) is 2.26. The highest BCUT2D eigenvalue weighted by Crippen LogP contribution is 2.33. The number of hydrogen-bond donors (Lipinski definition) is 0. The van der Waals surface area contributed by atoms with Gasteiger partial charge in [0.25, 0.3) is 0 Å². The van der Waals surface area contributed by atoms with Crippen LogP contribution in [0.4, 0.5) is 13.2 Å². The second-order valence-corrected chi connectivity index (χ2v) is 5.43. The molecule has 1 unspecified atom stereocenters. The molecule has 2 nitrogen and oxygen atoms in total. The summed E-state index contributed by atoms with van der Waals surface area (Å²) in [4.78, 5) is 1.83. The van der Waals surface area contributed by atoms with E-state index in [1.54, 1.807) is 0 Å². The summed E-state index contributed by atoms with van der Waals surface area (Å²) in [6.07, 6.45) is -2.63. The van der Waals surface area contributed by atoms with Gasteiger partial charge < -0.3 is 4.90 Å². The molecule has 1 aliphatic heterocycles. The highest BCUT2D eigenvalue weighted by atomic mass is 19.4. The molecule has 5 heteroatoms. The molecule has 0 saturated carbocycles. The fourth-order valence-electron chi connectivity index (χ4n) is 2.02. The van der Waals surface area contributed by atoms with Crippen LogP contribution in [0.1, 0.15) is 33.1 Å². The Hall–Kier alpha value is -0.760. The Balaban J connectivity index is 2.44. The standard InChI is InChI=1S/C12H19F3N2/c1-11(2,9-16)5-7-17-6-3-4-10(8-17)12(13,14)15/h10H,3-8H2,1-2H3. The van der Waals surface area contributed by atoms with Crippen LogP contribution in [0.3, 0.4) is 0 Å². The van der Waals surface area contributed by atoms with Crippen molar-refractivity contribution in [2.24, 2.45) is 11.3 Å². The number of rotatable bonds is 3. The Bertz CT molecular complexity index is 291. The molecule has 0 aromatic heterocycles. The van der Waals surface area contributed by atoms with Crippen molar-refractivity contribution in [2.45, 2.75) is 39.3 Å². The number of hydrogen-bond acceptors (Lipinski definition) is 2. The number of likely N-dealkylation sites (tertiary alicyclic amines) is 1. The predicted molar refractivity (Wildman–Crippen MR) is 59.2 cm³/mol. The molecule has 0 radical (unpaired) electrons. The van der Waals surface area contributed by atoms with E-state index in [0.29, 0.717) is 25.9 Å². The first-order chi connectivity index (χ1) is 7.74. The maximum absolute atomic E-state index is 12.6. The van der Waals surface area contributed by atoms with Gasteiger partial charge in [0.1, 0.15) is 0 Å². The molecule has 0 spiro atoms. The summed E-state index contributed by atoms with van der Waals surface area (Å²) in [5, 5.41) is 8.86. The van der Waals surface area contributed by atoms with E-state index >= 15 is 0 Å². The molecule has 1 fully saturated rings. The van der Waals surface area contributed by atoms with E-state index in [-0.39, 0.29) is 13.0 Å². The van der Waals surface area contributed by atoms with E-state index in [4.69, 9.17) is 5.26 Å². The van der Waals surface area contributed by atoms with E-state index in [9.17, 15) is 13.2 Å². The number of halogens is 3. The van der Waals surface area contributed by atoms with Crippen LogP contribution in [0.25, 0.3) is 0 Å². The minimum Gasteiger partial charge on any atom is -0.303 e. The van der Waals surface area contributed by atoms with E-state index in [2.05, 4.69) is 6.07 Å². The molecule has 0 amide bonds. The monoisotopic (exact) mass is 248 g/mol. The number of nitrogens with zero attached hydrogens (tertiary/aromatic N) is 2. The van der Waals surface area contributed by atoms with Gasteiger partial charge in [0, 0.05) is 6.54 Å². The maximum atomic E-state index is 12.6. The molecule has 1 atom stereocenters. The lowest BCUT2D eigenvalue weighted by Gasteiger charge is -2.34. The van der Waals surface area contributed by atoms with Crippen molar-refractivity contribution >= 4 is 0 Å². The molecule has 1 rings (SSSR count). The molecule has 17 heavy (non-hydrogen) atoms. The number of piperidine rings is 1. The Labute approximate surface area is 100 Å². The quantitative estimate of drug-likeness (QED) is 0.767. The largest absolute Gasteiger partial charge is 0.393 e. The summed E-state index contributed by atoms with van der Waals surface area (Å²) in [6, 6.07) is 2.17. The first kappa shape index (κ1) is 14.3. The summed E-state index contributed by atoms with van der Waals surface area (Å²) < 4.78 is 37.7. The topological polar surface area (TPSA) is 27.0 Å². The first-order valence-electron chi connectivity index (χ1n) is 5.95. The average molecular weight is 248 g/mol. The molecule has 1 aliphatic rings. The highest BCUT2D eigenvalue weighted by molar-refractivity contribution is 4.92. The zero-order chi connectivity index (χ0) is 13.1. The minimum absolute atomic E-state index is 0.0883. The van der Waals surface area contributed by atoms with Crippen LogP contribution >= 0.6 is 0 Å². The van der Waals surface area contributed by atoms with Gasteiger partial charge >= 0.3 is 6.18 Å². The van der Waals surface area contributed by atoms with Crippen molar-refractivity contribution in [3.05, 3.63) is 0 Å². The second kappa shape index (κ2) is 5.26. The number of alkyl halides is 3. The van der Waals surface area contributed by atoms with Crippen LogP contribution in [-0.2, 0) is 0 Å². The molecule has 0 aliphatic carbocycles. The molecular weight excluding hydrogens is 229 g/mol. The summed E-state index contributed by atoms with van der Waals surface area (Å²) in [5.74, 6) is -1.19. The summed E-state index contributed by atoms with van der Waals surface area (Å²) in [5.41, 5.74) is -0.453. The van der Waals surface area contributed by atoms with Crippen LogP contribution in [0.5, 0.6) is 0 Å². The lowest BCUT2D eigenvalue weighted by Crippen LogP contribution is -2.42. The zero-order valence-corrected chi connectivity index (χ0v) is 10.3. The van der Waals surface area contributed by atoms with Crippen LogP contribution in [0.2, 0.25) is 0 Å². The lowest BCUT2D eigenvalue weighted by atomic mass is 9.90. The smallest absolute Gasteiger partial charge is 0.303 e. The molecule has 1 saturated heterocycles. The van der Waals surface area contributed by atoms with E-state index in [1.165, 1.54) is 0 Å². The Kier molecular flexibility index (Phi) is 4.42. The Morgan fingerprint density at radius 3 is 2.53 bits per heavy atom. The van der Waals surface area contributed by atoms with Crippen molar-refractivity contribution in [3.63, 3.8) is 0 Å². The van der Waals surface area contributed by atoms with Gasteiger partial charge in [-0.2, -0.15) is 18.4 Å². The zero-order valence-electron chi connectivity index (χ0n) is 10.3.